The summed E-state index contributed by atoms with van der Waals surface area (Å²) in [6.45, 7) is 7.42. The van der Waals surface area contributed by atoms with Crippen LogP contribution in [0.3, 0.4) is 0 Å². The SMILES string of the molecule is CCN1CCN(c2nn3nnnc3c3ccccc23)CC1. The molecule has 0 aliphatic carbocycles. The van der Waals surface area contributed by atoms with E-state index in [0.29, 0.717) is 5.65 Å². The minimum Gasteiger partial charge on any atom is -0.352 e. The van der Waals surface area contributed by atoms with Gasteiger partial charge in [0.05, 0.1) is 0 Å². The lowest BCUT2D eigenvalue weighted by atomic mass is 10.1. The number of benzene rings is 1. The van der Waals surface area contributed by atoms with Crippen molar-refractivity contribution < 1.29 is 0 Å². The molecular formula is C14H17N7. The van der Waals surface area contributed by atoms with Gasteiger partial charge in [-0.1, -0.05) is 31.2 Å². The van der Waals surface area contributed by atoms with E-state index >= 15 is 0 Å². The fourth-order valence-corrected chi connectivity index (χ4v) is 2.94. The van der Waals surface area contributed by atoms with Crippen LogP contribution in [0.5, 0.6) is 0 Å². The van der Waals surface area contributed by atoms with Crippen LogP contribution < -0.4 is 4.90 Å². The second-order valence-electron chi connectivity index (χ2n) is 5.28. The van der Waals surface area contributed by atoms with Gasteiger partial charge in [0.25, 0.3) is 0 Å². The Morgan fingerprint density at radius 2 is 1.81 bits per heavy atom. The average Bonchev–Trinajstić information content (AvgIpc) is 3.03. The number of hydrogen-bond donors (Lipinski definition) is 0. The minimum atomic E-state index is 0.710. The number of rotatable bonds is 2. The Morgan fingerprint density at radius 3 is 2.57 bits per heavy atom. The lowest BCUT2D eigenvalue weighted by Crippen LogP contribution is -2.46. The first-order chi connectivity index (χ1) is 10.4. The lowest BCUT2D eigenvalue weighted by Gasteiger charge is -2.35. The summed E-state index contributed by atoms with van der Waals surface area (Å²) in [5.41, 5.74) is 0.710. The van der Waals surface area contributed by atoms with E-state index in [9.17, 15) is 0 Å². The van der Waals surface area contributed by atoms with Gasteiger partial charge < -0.3 is 9.80 Å². The topological polar surface area (TPSA) is 62.5 Å². The number of piperazine rings is 1. The van der Waals surface area contributed by atoms with Crippen LogP contribution in [0.15, 0.2) is 24.3 Å². The molecular weight excluding hydrogens is 266 g/mol. The van der Waals surface area contributed by atoms with E-state index in [0.717, 1.165) is 49.3 Å². The van der Waals surface area contributed by atoms with Gasteiger partial charge in [-0.15, -0.1) is 14.8 Å². The number of aromatic nitrogens is 5. The zero-order valence-corrected chi connectivity index (χ0v) is 12.0. The van der Waals surface area contributed by atoms with Crippen LogP contribution in [0.2, 0.25) is 0 Å². The third kappa shape index (κ3) is 2.01. The largest absolute Gasteiger partial charge is 0.352 e. The van der Waals surface area contributed by atoms with Crippen molar-refractivity contribution in [2.45, 2.75) is 6.92 Å². The summed E-state index contributed by atoms with van der Waals surface area (Å²) in [6, 6.07) is 8.19. The standard InChI is InChI=1S/C14H17N7/c1-2-19-7-9-20(10-8-19)14-12-6-4-3-5-11(12)13-15-17-18-21(13)16-14/h3-6H,2,7-10H2,1H3. The van der Waals surface area contributed by atoms with Crippen molar-refractivity contribution in [3.63, 3.8) is 0 Å². The molecule has 0 N–H and O–H groups in total. The molecule has 0 unspecified atom stereocenters. The van der Waals surface area contributed by atoms with Gasteiger partial charge in [0, 0.05) is 37.0 Å². The maximum atomic E-state index is 4.63. The molecule has 108 valence electrons. The van der Waals surface area contributed by atoms with E-state index in [1.165, 1.54) is 4.63 Å². The highest BCUT2D eigenvalue weighted by molar-refractivity contribution is 5.99. The number of anilines is 1. The number of fused-ring (bicyclic) bond motifs is 3. The number of hydrogen-bond acceptors (Lipinski definition) is 6. The van der Waals surface area contributed by atoms with E-state index in [2.05, 4.69) is 49.5 Å². The molecule has 4 rings (SSSR count). The van der Waals surface area contributed by atoms with E-state index in [-0.39, 0.29) is 0 Å². The third-order valence-corrected chi connectivity index (χ3v) is 4.17. The summed E-state index contributed by atoms with van der Waals surface area (Å²) in [5.74, 6) is 0.973. The van der Waals surface area contributed by atoms with Gasteiger partial charge in [-0.05, 0) is 17.0 Å². The Labute approximate surface area is 122 Å². The number of likely N-dealkylation sites (N-methyl/N-ethyl adjacent to an activating group) is 1. The molecule has 1 aliphatic rings. The maximum absolute atomic E-state index is 4.63. The molecule has 7 heteroatoms. The first-order valence-corrected chi connectivity index (χ1v) is 7.31. The molecule has 0 saturated carbocycles. The van der Waals surface area contributed by atoms with Crippen LogP contribution in [0.4, 0.5) is 5.82 Å². The van der Waals surface area contributed by atoms with Crippen LogP contribution in [0, 0.1) is 0 Å². The molecule has 2 aromatic heterocycles. The van der Waals surface area contributed by atoms with Gasteiger partial charge in [0.1, 0.15) is 0 Å². The van der Waals surface area contributed by atoms with Crippen LogP contribution >= 0.6 is 0 Å². The molecule has 1 saturated heterocycles. The molecule has 21 heavy (non-hydrogen) atoms. The highest BCUT2D eigenvalue weighted by atomic mass is 15.6. The zero-order valence-electron chi connectivity index (χ0n) is 12.0. The quantitative estimate of drug-likeness (QED) is 0.694. The highest BCUT2D eigenvalue weighted by Crippen LogP contribution is 2.27. The molecule has 3 aromatic rings. The van der Waals surface area contributed by atoms with E-state index in [4.69, 9.17) is 0 Å². The van der Waals surface area contributed by atoms with Crippen LogP contribution in [0.25, 0.3) is 16.4 Å². The Balaban J connectivity index is 1.83. The molecule has 1 aliphatic heterocycles. The number of tetrazole rings is 1. The predicted octanol–water partition coefficient (Wildman–Crippen LogP) is 0.814. The van der Waals surface area contributed by atoms with Gasteiger partial charge in [-0.3, -0.25) is 0 Å². The summed E-state index contributed by atoms with van der Waals surface area (Å²) in [6.07, 6.45) is 0. The highest BCUT2D eigenvalue weighted by Gasteiger charge is 2.20. The molecule has 1 fully saturated rings. The van der Waals surface area contributed by atoms with Crippen molar-refractivity contribution in [1.29, 1.82) is 0 Å². The normalized spacial score (nSPS) is 16.9. The van der Waals surface area contributed by atoms with Crippen molar-refractivity contribution in [1.82, 2.24) is 30.2 Å². The second-order valence-corrected chi connectivity index (χ2v) is 5.28. The third-order valence-electron chi connectivity index (χ3n) is 4.17. The van der Waals surface area contributed by atoms with E-state index in [1.54, 1.807) is 0 Å². The minimum absolute atomic E-state index is 0.710. The average molecular weight is 283 g/mol. The molecule has 0 bridgehead atoms. The van der Waals surface area contributed by atoms with Gasteiger partial charge in [0.2, 0.25) is 5.65 Å². The Kier molecular flexibility index (Phi) is 2.92. The van der Waals surface area contributed by atoms with Crippen molar-refractivity contribution in [2.75, 3.05) is 37.6 Å². The van der Waals surface area contributed by atoms with Crippen LogP contribution in [-0.2, 0) is 0 Å². The van der Waals surface area contributed by atoms with Gasteiger partial charge in [-0.25, -0.2) is 0 Å². The summed E-state index contributed by atoms with van der Waals surface area (Å²) < 4.78 is 1.53. The summed E-state index contributed by atoms with van der Waals surface area (Å²) in [4.78, 5) is 4.78. The summed E-state index contributed by atoms with van der Waals surface area (Å²) >= 11 is 0. The molecule has 1 aromatic carbocycles. The lowest BCUT2D eigenvalue weighted by molar-refractivity contribution is 0.270. The van der Waals surface area contributed by atoms with E-state index < -0.39 is 0 Å². The van der Waals surface area contributed by atoms with Crippen molar-refractivity contribution >= 4 is 22.2 Å². The summed E-state index contributed by atoms with van der Waals surface area (Å²) in [7, 11) is 0. The molecule has 0 radical (unpaired) electrons. The van der Waals surface area contributed by atoms with Gasteiger partial charge in [-0.2, -0.15) is 0 Å². The first-order valence-electron chi connectivity index (χ1n) is 7.31. The Bertz CT molecular complexity index is 773. The van der Waals surface area contributed by atoms with Crippen LogP contribution in [-0.4, -0.2) is 62.9 Å². The molecule has 0 atom stereocenters. The predicted molar refractivity (Wildman–Crippen MR) is 80.4 cm³/mol. The number of nitrogens with zero attached hydrogens (tertiary/aromatic N) is 7. The Hall–Kier alpha value is -2.28. The van der Waals surface area contributed by atoms with Gasteiger partial charge >= 0.3 is 0 Å². The monoisotopic (exact) mass is 283 g/mol. The maximum Gasteiger partial charge on any atom is 0.207 e. The molecule has 3 heterocycles. The van der Waals surface area contributed by atoms with Crippen LogP contribution in [0.1, 0.15) is 6.92 Å². The summed E-state index contributed by atoms with van der Waals surface area (Å²) in [5, 5.41) is 18.6. The van der Waals surface area contributed by atoms with E-state index in [1.807, 2.05) is 12.1 Å². The zero-order chi connectivity index (χ0) is 14.2. The Morgan fingerprint density at radius 1 is 1.05 bits per heavy atom. The molecule has 7 nitrogen and oxygen atoms in total. The van der Waals surface area contributed by atoms with Crippen molar-refractivity contribution in [3.8, 4) is 0 Å². The van der Waals surface area contributed by atoms with Crippen molar-refractivity contribution in [2.24, 2.45) is 0 Å². The fourth-order valence-electron chi connectivity index (χ4n) is 2.94. The smallest absolute Gasteiger partial charge is 0.207 e. The fraction of sp³-hybridized carbons (Fsp3) is 0.429. The second kappa shape index (κ2) is 4.92. The first kappa shape index (κ1) is 12.5. The van der Waals surface area contributed by atoms with Crippen molar-refractivity contribution in [3.05, 3.63) is 24.3 Å². The molecule has 0 amide bonds. The van der Waals surface area contributed by atoms with Gasteiger partial charge in [0.15, 0.2) is 5.82 Å². The molecule has 0 spiro atoms.